The molecule has 38 nitrogen and oxygen atoms in total. The summed E-state index contributed by atoms with van der Waals surface area (Å²) in [6.07, 6.45) is -57.4. The first kappa shape index (κ1) is 84.5. The van der Waals surface area contributed by atoms with E-state index in [0.717, 1.165) is 26.4 Å². The van der Waals surface area contributed by atoms with Gasteiger partial charge in [0.15, 0.2) is 44.0 Å². The van der Waals surface area contributed by atoms with Gasteiger partial charge in [-0.2, -0.15) is 0 Å². The molecule has 4 unspecified atom stereocenters. The van der Waals surface area contributed by atoms with Crippen LogP contribution in [-0.4, -0.2) is 406 Å². The molecule has 21 N–H and O–H groups in total. The summed E-state index contributed by atoms with van der Waals surface area (Å²) in [6.45, 7) is 5.10. The van der Waals surface area contributed by atoms with Gasteiger partial charge in [-0.25, -0.2) is 0 Å². The number of unbranched alkanes of at least 4 members (excludes halogenated alkanes) is 4. The van der Waals surface area contributed by atoms with Gasteiger partial charge in [-0.1, -0.05) is 79.1 Å². The van der Waals surface area contributed by atoms with Crippen molar-refractivity contribution >= 4 is 0 Å². The number of hydrogen-bond acceptors (Lipinski definition) is 38. The third-order valence-electron chi connectivity index (χ3n) is 21.3. The van der Waals surface area contributed by atoms with Crippen molar-refractivity contribution in [3.63, 3.8) is 0 Å². The Morgan fingerprint density at radius 3 is 0.588 bits per heavy atom. The van der Waals surface area contributed by atoms with E-state index in [1.165, 1.54) is 64.2 Å². The molecule has 23 rings (SSSR count). The van der Waals surface area contributed by atoms with Crippen LogP contribution in [0.4, 0.5) is 0 Å². The van der Waals surface area contributed by atoms with Crippen molar-refractivity contribution in [2.75, 3.05) is 72.7 Å². The van der Waals surface area contributed by atoms with E-state index in [9.17, 15) is 107 Å². The smallest absolute Gasteiger partial charge is 0.187 e. The monoisotopic (exact) mass is 1490 g/mol. The summed E-state index contributed by atoms with van der Waals surface area (Å²) in [5.41, 5.74) is 0.0327. The van der Waals surface area contributed by atoms with E-state index >= 15 is 0 Å². The highest BCUT2D eigenvalue weighted by Crippen LogP contribution is 2.45. The lowest BCUT2D eigenvalue weighted by atomic mass is 9.85. The van der Waals surface area contributed by atoms with Gasteiger partial charge in [-0.15, -0.1) is 0 Å². The predicted molar refractivity (Wildman–Crippen MR) is 332 cm³/mol. The van der Waals surface area contributed by atoms with Gasteiger partial charge in [-0.05, 0) is 24.7 Å². The quantitative estimate of drug-likeness (QED) is 0.0334. The molecule has 596 valence electrons. The molecular formula is C64H112O38. The highest BCUT2D eigenvalue weighted by atomic mass is 16.8. The highest BCUT2D eigenvalue weighted by Gasteiger charge is 2.61. The van der Waals surface area contributed by atoms with Crippen molar-refractivity contribution in [1.82, 2.24) is 0 Å². The molecule has 39 atom stereocenters. The summed E-state index contributed by atoms with van der Waals surface area (Å²) in [5, 5.41) is 230. The molecule has 23 aliphatic rings. The summed E-state index contributed by atoms with van der Waals surface area (Å²) in [6, 6.07) is 0. The van der Waals surface area contributed by atoms with Gasteiger partial charge in [0.1, 0.15) is 182 Å². The first-order valence-corrected chi connectivity index (χ1v) is 35.6. The predicted octanol–water partition coefficient (Wildman–Crippen LogP) is -9.48. The van der Waals surface area contributed by atoms with Crippen LogP contribution in [-0.2, 0) is 80.5 Å². The van der Waals surface area contributed by atoms with Crippen molar-refractivity contribution in [3.8, 4) is 0 Å². The molecule has 0 aliphatic carbocycles. The lowest BCUT2D eigenvalue weighted by Crippen LogP contribution is -2.68. The normalized spacial score (nSPS) is 49.2. The van der Waals surface area contributed by atoms with Gasteiger partial charge < -0.3 is 188 Å². The molecule has 0 aromatic rings. The average Bonchev–Trinajstić information content (AvgIpc) is 1.05. The van der Waals surface area contributed by atoms with Gasteiger partial charge in [0.05, 0.1) is 72.7 Å². The second-order valence-electron chi connectivity index (χ2n) is 28.1. The van der Waals surface area contributed by atoms with Crippen LogP contribution in [0, 0.1) is 11.8 Å². The first-order valence-electron chi connectivity index (χ1n) is 35.6. The van der Waals surface area contributed by atoms with E-state index < -0.39 is 261 Å². The molecule has 102 heavy (non-hydrogen) atoms. The largest absolute Gasteiger partial charge is 0.394 e. The fourth-order valence-electron chi connectivity index (χ4n) is 14.8. The minimum absolute atomic E-state index is 0.0164. The maximum Gasteiger partial charge on any atom is 0.187 e. The van der Waals surface area contributed by atoms with Crippen molar-refractivity contribution in [1.29, 1.82) is 0 Å². The molecule has 23 saturated heterocycles. The Hall–Kier alpha value is -1.52. The van der Waals surface area contributed by atoms with Crippen LogP contribution in [0.15, 0.2) is 0 Å². The molecule has 0 spiro atoms. The molecule has 0 aromatic carbocycles. The molecule has 0 radical (unpaired) electrons. The van der Waals surface area contributed by atoms with Crippen LogP contribution in [0.25, 0.3) is 0 Å². The zero-order valence-electron chi connectivity index (χ0n) is 57.5. The topological polar surface area (TPSA) is 588 Å². The van der Waals surface area contributed by atoms with Gasteiger partial charge in [-0.3, -0.25) is 0 Å². The maximum atomic E-state index is 11.3. The van der Waals surface area contributed by atoms with Gasteiger partial charge >= 0.3 is 0 Å². The van der Waals surface area contributed by atoms with Crippen LogP contribution in [0.1, 0.15) is 91.9 Å². The minimum atomic E-state index is -2.21. The molecular weight excluding hydrogens is 1380 g/mol. The first-order chi connectivity index (χ1) is 48.8. The van der Waals surface area contributed by atoms with Crippen molar-refractivity contribution in [3.05, 3.63) is 0 Å². The van der Waals surface area contributed by atoms with Gasteiger partial charge in [0.25, 0.3) is 0 Å². The van der Waals surface area contributed by atoms with Crippen LogP contribution in [0.2, 0.25) is 0 Å². The molecule has 14 bridgehead atoms. The fourth-order valence-corrected chi connectivity index (χ4v) is 14.8. The number of hydrogen-bond donors (Lipinski definition) is 21. The molecule has 23 aliphatic heterocycles. The highest BCUT2D eigenvalue weighted by molar-refractivity contribution is 5.04. The zero-order valence-corrected chi connectivity index (χ0v) is 57.5. The van der Waals surface area contributed by atoms with E-state index in [0.29, 0.717) is 11.8 Å². The Kier molecular flexibility index (Phi) is 31.4. The Balaban J connectivity index is 0.000000407. The van der Waals surface area contributed by atoms with Gasteiger partial charge in [0, 0.05) is 0 Å². The SMILES string of the molecule is CCCCCC(CC)C1(COCC2(C(CC)CCCCC)CO2)CO1.OC[C@H]1O[C@@H]2O[C@H]3[C@H](O)[C@@H](O)[C@@H](O[C@H]4[C@H](O)[C@@H](O)[C@@H](O[C@H]5[C@H](O)[C@@H](O)[C@@H](O[C@H]6[C@H](O)[C@@H](O)[C@@H](O[C@H]7[C@H](O)[C@@H](O)[C@@H](O[C@H]8[C@H](O)[C@@H](O)[C@@H](O[C@H]1[C@H](O)[C@H]2O)O[C@@H]8CO)O[C@@H]7CO)O[C@@H]6CO)O[C@@H]5CO)O[C@@H]4CO)O[C@@H]3CO. The maximum absolute atomic E-state index is 11.3. The van der Waals surface area contributed by atoms with Crippen LogP contribution >= 0.6 is 0 Å². The van der Waals surface area contributed by atoms with E-state index in [1.807, 2.05) is 0 Å². The zero-order chi connectivity index (χ0) is 74.2. The van der Waals surface area contributed by atoms with Crippen molar-refractivity contribution in [2.45, 2.75) is 318 Å². The number of ether oxygens (including phenoxy) is 17. The van der Waals surface area contributed by atoms with Crippen LogP contribution in [0.3, 0.4) is 0 Å². The summed E-state index contributed by atoms with van der Waals surface area (Å²) < 4.78 is 97.5. The number of epoxide rings is 2. The molecule has 38 heteroatoms. The third-order valence-corrected chi connectivity index (χ3v) is 21.3. The summed E-state index contributed by atoms with van der Waals surface area (Å²) >= 11 is 0. The van der Waals surface area contributed by atoms with Crippen LogP contribution < -0.4 is 0 Å². The summed E-state index contributed by atoms with van der Waals surface area (Å²) in [5.74, 6) is 1.31. The van der Waals surface area contributed by atoms with E-state index in [1.54, 1.807) is 0 Å². The summed E-state index contributed by atoms with van der Waals surface area (Å²) in [7, 11) is 0. The molecule has 23 heterocycles. The molecule has 23 fully saturated rings. The van der Waals surface area contributed by atoms with E-state index in [4.69, 9.17) is 80.5 Å². The van der Waals surface area contributed by atoms with E-state index in [-0.39, 0.29) is 11.2 Å². The van der Waals surface area contributed by atoms with Crippen molar-refractivity contribution in [2.24, 2.45) is 11.8 Å². The lowest BCUT2D eigenvalue weighted by molar-refractivity contribution is -0.396. The van der Waals surface area contributed by atoms with E-state index in [2.05, 4.69) is 27.7 Å². The third kappa shape index (κ3) is 18.6. The fraction of sp³-hybridized carbons (Fsp3) is 1.00. The second kappa shape index (κ2) is 37.9. The lowest BCUT2D eigenvalue weighted by Gasteiger charge is -2.50. The summed E-state index contributed by atoms with van der Waals surface area (Å²) in [4.78, 5) is 0. The Morgan fingerprint density at radius 1 is 0.275 bits per heavy atom. The second-order valence-corrected chi connectivity index (χ2v) is 28.1. The standard InChI is InChI=1S/C42H70O35.C22H42O3/c43-1-8-29-15(50)22(57)36(64-8)72-30-9(2-44)66-38(24(59)17(30)52)74-32-11(4-46)68-40(26(61)19(32)54)76-34-13(6-48)70-42(28(63)21(34)56)77-35-14(7-49)69-41(27(62)20(35)55)75-33-12(5-47)67-39(25(60)18(33)53)73-31-10(3-45)65-37(71-29)23(58)16(31)51;1-5-9-11-13-19(7-3)21(17-24-21)15-23-16-22(18-25-22)20(8-4)14-12-10-6-2/h8-63H,1-7H2;19-20H,5-18H2,1-4H3/t8-,9-,10-,11-,12-,13-,14-,15-,16-,17-,18-,19-,20-,21-,22-,23-,24-,25-,26-,27-,28-,29-,30-,31-,32-,33-,34-,35-,36-,37-,38-,39-,40-,41-,42-;/m1./s1. The molecule has 0 aromatic heterocycles. The Bertz CT molecular complexity index is 2040. The number of rotatable bonds is 23. The Morgan fingerprint density at radius 2 is 0.451 bits per heavy atom. The molecule has 0 amide bonds. The van der Waals surface area contributed by atoms with Crippen molar-refractivity contribution < 1.29 is 188 Å². The Labute approximate surface area is 588 Å². The van der Waals surface area contributed by atoms with Crippen LogP contribution in [0.5, 0.6) is 0 Å². The minimum Gasteiger partial charge on any atom is -0.394 e. The molecule has 0 saturated carbocycles. The number of aliphatic hydroxyl groups is 21. The average molecular weight is 1490 g/mol. The van der Waals surface area contributed by atoms with Gasteiger partial charge in [0.2, 0.25) is 0 Å². The number of aliphatic hydroxyl groups excluding tert-OH is 21.